The number of likely N-dealkylation sites (N-methyl/N-ethyl adjacent to an activating group) is 1. The van der Waals surface area contributed by atoms with Crippen LogP contribution in [0.5, 0.6) is 11.5 Å². The van der Waals surface area contributed by atoms with Gasteiger partial charge in [0.05, 0.1) is 13.7 Å². The molecule has 4 rings (SSSR count). The van der Waals surface area contributed by atoms with Gasteiger partial charge >= 0.3 is 0 Å². The number of likely N-dealkylation sites (tertiary alicyclic amines) is 1. The van der Waals surface area contributed by atoms with E-state index >= 15 is 0 Å². The Kier molecular flexibility index (Phi) is 5.91. The highest BCUT2D eigenvalue weighted by Gasteiger charge is 2.39. The monoisotopic (exact) mass is 379 g/mol. The molecule has 150 valence electrons. The van der Waals surface area contributed by atoms with Crippen molar-refractivity contribution >= 4 is 0 Å². The van der Waals surface area contributed by atoms with E-state index in [1.807, 2.05) is 0 Å². The van der Waals surface area contributed by atoms with Gasteiger partial charge in [0, 0.05) is 30.1 Å². The van der Waals surface area contributed by atoms with Gasteiger partial charge in [-0.1, -0.05) is 36.8 Å². The van der Waals surface area contributed by atoms with Gasteiger partial charge in [-0.3, -0.25) is 0 Å². The molecule has 1 heterocycles. The molecule has 0 radical (unpaired) electrons. The predicted molar refractivity (Wildman–Crippen MR) is 115 cm³/mol. The van der Waals surface area contributed by atoms with Crippen LogP contribution in [0.2, 0.25) is 0 Å². The molecule has 0 N–H and O–H groups in total. The summed E-state index contributed by atoms with van der Waals surface area (Å²) in [4.78, 5) is 2.59. The average molecular weight is 380 g/mol. The maximum atomic E-state index is 6.35. The molecule has 1 aliphatic heterocycles. The highest BCUT2D eigenvalue weighted by Crippen LogP contribution is 2.48. The Morgan fingerprint density at radius 1 is 1.04 bits per heavy atom. The minimum atomic E-state index is 0.589. The molecule has 0 amide bonds. The van der Waals surface area contributed by atoms with Crippen LogP contribution in [0.25, 0.3) is 0 Å². The molecule has 2 aromatic carbocycles. The number of rotatable bonds is 7. The summed E-state index contributed by atoms with van der Waals surface area (Å²) in [6.45, 7) is 8.69. The number of methoxy groups -OCH3 is 1. The fraction of sp³-hybridized carbons (Fsp3) is 0.520. The van der Waals surface area contributed by atoms with Crippen molar-refractivity contribution in [2.75, 3.05) is 33.4 Å². The molecule has 3 nitrogen and oxygen atoms in total. The number of aryl methyl sites for hydroxylation is 2. The zero-order chi connectivity index (χ0) is 19.5. The van der Waals surface area contributed by atoms with Crippen LogP contribution in [0.15, 0.2) is 36.4 Å². The standard InChI is InChI=1S/C25H33NO2/c1-4-26-16-20-11-12-21-23(27-3)13-14-24(25(21)22(20)17-26)28-15-5-6-19-9-7-18(2)8-10-19/h7-10,13-14,20,22H,4-6,11-12,15-17H2,1-3H3. The Balaban J connectivity index is 1.47. The number of hydrogen-bond acceptors (Lipinski definition) is 3. The third-order valence-corrected chi connectivity index (χ3v) is 6.58. The molecule has 1 saturated heterocycles. The molecular formula is C25H33NO2. The van der Waals surface area contributed by atoms with E-state index in [-0.39, 0.29) is 0 Å². The lowest BCUT2D eigenvalue weighted by Crippen LogP contribution is -2.21. The molecule has 2 atom stereocenters. The van der Waals surface area contributed by atoms with Gasteiger partial charge in [-0.05, 0) is 62.8 Å². The van der Waals surface area contributed by atoms with E-state index in [4.69, 9.17) is 9.47 Å². The third kappa shape index (κ3) is 3.91. The van der Waals surface area contributed by atoms with E-state index in [2.05, 4.69) is 55.1 Å². The molecule has 0 spiro atoms. The molecule has 2 aromatic rings. The van der Waals surface area contributed by atoms with Gasteiger partial charge < -0.3 is 14.4 Å². The molecule has 1 fully saturated rings. The average Bonchev–Trinajstić information content (AvgIpc) is 3.16. The molecule has 0 aromatic heterocycles. The van der Waals surface area contributed by atoms with Crippen molar-refractivity contribution in [3.8, 4) is 11.5 Å². The van der Waals surface area contributed by atoms with Crippen molar-refractivity contribution < 1.29 is 9.47 Å². The van der Waals surface area contributed by atoms with E-state index in [1.165, 1.54) is 35.2 Å². The number of hydrogen-bond donors (Lipinski definition) is 0. The predicted octanol–water partition coefficient (Wildman–Crippen LogP) is 5.00. The normalized spacial score (nSPS) is 21.2. The SMILES string of the molecule is CCN1CC2CCc3c(OC)ccc(OCCCc4ccc(C)cc4)c3C2C1. The Labute approximate surface area is 169 Å². The van der Waals surface area contributed by atoms with Gasteiger partial charge in [-0.2, -0.15) is 0 Å². The number of benzene rings is 2. The van der Waals surface area contributed by atoms with Crippen molar-refractivity contribution in [1.29, 1.82) is 0 Å². The summed E-state index contributed by atoms with van der Waals surface area (Å²) in [5, 5.41) is 0. The number of nitrogens with zero attached hydrogens (tertiary/aromatic N) is 1. The summed E-state index contributed by atoms with van der Waals surface area (Å²) in [5.74, 6) is 3.48. The second-order valence-electron chi connectivity index (χ2n) is 8.35. The summed E-state index contributed by atoms with van der Waals surface area (Å²) in [7, 11) is 1.79. The van der Waals surface area contributed by atoms with Crippen molar-refractivity contribution in [2.24, 2.45) is 5.92 Å². The van der Waals surface area contributed by atoms with Crippen LogP contribution in [0.1, 0.15) is 47.9 Å². The van der Waals surface area contributed by atoms with Crippen LogP contribution >= 0.6 is 0 Å². The first-order valence-electron chi connectivity index (χ1n) is 10.8. The van der Waals surface area contributed by atoms with Gasteiger partial charge in [0.15, 0.2) is 0 Å². The van der Waals surface area contributed by atoms with E-state index in [0.717, 1.165) is 56.4 Å². The third-order valence-electron chi connectivity index (χ3n) is 6.58. The molecule has 1 aliphatic carbocycles. The Hall–Kier alpha value is -2.00. The van der Waals surface area contributed by atoms with Crippen LogP contribution < -0.4 is 9.47 Å². The smallest absolute Gasteiger partial charge is 0.123 e. The van der Waals surface area contributed by atoms with Gasteiger partial charge in [0.2, 0.25) is 0 Å². The van der Waals surface area contributed by atoms with Gasteiger partial charge in [-0.15, -0.1) is 0 Å². The first-order chi connectivity index (χ1) is 13.7. The van der Waals surface area contributed by atoms with Crippen molar-refractivity contribution in [2.45, 2.75) is 45.4 Å². The Morgan fingerprint density at radius 2 is 1.82 bits per heavy atom. The fourth-order valence-electron chi connectivity index (χ4n) is 4.99. The van der Waals surface area contributed by atoms with Crippen molar-refractivity contribution in [1.82, 2.24) is 4.90 Å². The maximum absolute atomic E-state index is 6.35. The Bertz CT molecular complexity index is 799. The van der Waals surface area contributed by atoms with E-state index in [1.54, 1.807) is 7.11 Å². The van der Waals surface area contributed by atoms with Crippen LogP contribution in [0, 0.1) is 12.8 Å². The molecule has 2 aliphatic rings. The van der Waals surface area contributed by atoms with Crippen molar-refractivity contribution in [3.63, 3.8) is 0 Å². The zero-order valence-electron chi connectivity index (χ0n) is 17.5. The molecule has 3 heteroatoms. The van der Waals surface area contributed by atoms with Gasteiger partial charge in [-0.25, -0.2) is 0 Å². The summed E-state index contributed by atoms with van der Waals surface area (Å²) in [5.41, 5.74) is 5.53. The maximum Gasteiger partial charge on any atom is 0.123 e. The van der Waals surface area contributed by atoms with E-state index in [0.29, 0.717) is 5.92 Å². The highest BCUT2D eigenvalue weighted by molar-refractivity contribution is 5.53. The summed E-state index contributed by atoms with van der Waals surface area (Å²) >= 11 is 0. The lowest BCUT2D eigenvalue weighted by Gasteiger charge is -2.30. The topological polar surface area (TPSA) is 21.7 Å². The lowest BCUT2D eigenvalue weighted by atomic mass is 9.76. The van der Waals surface area contributed by atoms with Gasteiger partial charge in [0.25, 0.3) is 0 Å². The summed E-state index contributed by atoms with van der Waals surface area (Å²) in [6.07, 6.45) is 4.48. The lowest BCUT2D eigenvalue weighted by molar-refractivity contribution is 0.298. The Morgan fingerprint density at radius 3 is 2.57 bits per heavy atom. The minimum Gasteiger partial charge on any atom is -0.496 e. The zero-order valence-corrected chi connectivity index (χ0v) is 17.5. The van der Waals surface area contributed by atoms with Gasteiger partial charge in [0.1, 0.15) is 11.5 Å². The van der Waals surface area contributed by atoms with Crippen LogP contribution in [-0.4, -0.2) is 38.3 Å². The highest BCUT2D eigenvalue weighted by atomic mass is 16.5. The van der Waals surface area contributed by atoms with Crippen LogP contribution in [0.3, 0.4) is 0 Å². The molecule has 28 heavy (non-hydrogen) atoms. The first-order valence-corrected chi connectivity index (χ1v) is 10.8. The van der Waals surface area contributed by atoms with E-state index in [9.17, 15) is 0 Å². The quantitative estimate of drug-likeness (QED) is 0.632. The first kappa shape index (κ1) is 19.3. The minimum absolute atomic E-state index is 0.589. The number of fused-ring (bicyclic) bond motifs is 3. The largest absolute Gasteiger partial charge is 0.496 e. The summed E-state index contributed by atoms with van der Waals surface area (Å²) < 4.78 is 12.0. The molecule has 2 unspecified atom stereocenters. The molecule has 0 bridgehead atoms. The van der Waals surface area contributed by atoms with Crippen LogP contribution in [0.4, 0.5) is 0 Å². The number of ether oxygens (including phenoxy) is 2. The van der Waals surface area contributed by atoms with Crippen molar-refractivity contribution in [3.05, 3.63) is 58.7 Å². The van der Waals surface area contributed by atoms with Crippen LogP contribution in [-0.2, 0) is 12.8 Å². The second-order valence-corrected chi connectivity index (χ2v) is 8.35. The molecular weight excluding hydrogens is 346 g/mol. The fourth-order valence-corrected chi connectivity index (χ4v) is 4.99. The summed E-state index contributed by atoms with van der Waals surface area (Å²) in [6, 6.07) is 13.1. The van der Waals surface area contributed by atoms with E-state index < -0.39 is 0 Å². The molecule has 0 saturated carbocycles. The second kappa shape index (κ2) is 8.57.